The minimum atomic E-state index is -0.168. The summed E-state index contributed by atoms with van der Waals surface area (Å²) in [5.41, 5.74) is 2.50. The van der Waals surface area contributed by atoms with E-state index in [1.165, 1.54) is 5.56 Å². The molecule has 0 spiro atoms. The third-order valence-electron chi connectivity index (χ3n) is 6.15. The second kappa shape index (κ2) is 10.9. The normalized spacial score (nSPS) is 15.6. The molecule has 7 nitrogen and oxygen atoms in total. The van der Waals surface area contributed by atoms with Crippen LogP contribution >= 0.6 is 0 Å². The standard InChI is InChI=1S/C26H30N4O3/c1-32-23-10-9-19(17-24(23)33-2)18-30-15-11-20(12-16-30)25(21-7-3-5-13-27-21)29-26(31)22-8-4-6-14-28-22/h3-10,13-14,17,20,25H,11-12,15-16,18H2,1-2H3,(H,29,31)/t25-/m1/s1. The Bertz CT molecular complexity index is 1040. The van der Waals surface area contributed by atoms with Gasteiger partial charge in [-0.3, -0.25) is 19.7 Å². The average molecular weight is 447 g/mol. The smallest absolute Gasteiger partial charge is 0.270 e. The van der Waals surface area contributed by atoms with Gasteiger partial charge in [0.15, 0.2) is 11.5 Å². The van der Waals surface area contributed by atoms with Crippen LogP contribution in [0, 0.1) is 5.92 Å². The summed E-state index contributed by atoms with van der Waals surface area (Å²) in [4.78, 5) is 24.0. The van der Waals surface area contributed by atoms with Crippen molar-refractivity contribution in [3.63, 3.8) is 0 Å². The number of ether oxygens (including phenoxy) is 2. The molecule has 0 bridgehead atoms. The highest BCUT2D eigenvalue weighted by atomic mass is 16.5. The van der Waals surface area contributed by atoms with Crippen molar-refractivity contribution in [3.8, 4) is 11.5 Å². The van der Waals surface area contributed by atoms with Gasteiger partial charge in [-0.15, -0.1) is 0 Å². The lowest BCUT2D eigenvalue weighted by Gasteiger charge is -2.36. The maximum Gasteiger partial charge on any atom is 0.270 e. The summed E-state index contributed by atoms with van der Waals surface area (Å²) in [6.07, 6.45) is 5.35. The second-order valence-electron chi connectivity index (χ2n) is 8.22. The molecule has 1 N–H and O–H groups in total. The molecule has 0 aliphatic carbocycles. The van der Waals surface area contributed by atoms with Crippen molar-refractivity contribution in [2.45, 2.75) is 25.4 Å². The number of hydrogen-bond acceptors (Lipinski definition) is 6. The first kappa shape index (κ1) is 22.7. The minimum absolute atomic E-state index is 0.149. The van der Waals surface area contributed by atoms with Gasteiger partial charge in [0.05, 0.1) is 26.0 Å². The Kier molecular flexibility index (Phi) is 7.52. The zero-order valence-electron chi connectivity index (χ0n) is 19.1. The van der Waals surface area contributed by atoms with Crippen LogP contribution in [0.15, 0.2) is 67.0 Å². The molecule has 1 aromatic carbocycles. The van der Waals surface area contributed by atoms with Crippen molar-refractivity contribution in [1.29, 1.82) is 0 Å². The number of aromatic nitrogens is 2. The first-order valence-corrected chi connectivity index (χ1v) is 11.2. The number of likely N-dealkylation sites (tertiary alicyclic amines) is 1. The maximum atomic E-state index is 12.9. The van der Waals surface area contributed by atoms with Crippen molar-refractivity contribution < 1.29 is 14.3 Å². The molecule has 1 aliphatic rings. The number of pyridine rings is 2. The molecule has 3 heterocycles. The first-order valence-electron chi connectivity index (χ1n) is 11.2. The summed E-state index contributed by atoms with van der Waals surface area (Å²) in [5, 5.41) is 3.20. The zero-order chi connectivity index (χ0) is 23.0. The summed E-state index contributed by atoms with van der Waals surface area (Å²) < 4.78 is 10.8. The molecule has 7 heteroatoms. The van der Waals surface area contributed by atoms with Crippen LogP contribution in [0.25, 0.3) is 0 Å². The fraction of sp³-hybridized carbons (Fsp3) is 0.346. The fourth-order valence-electron chi connectivity index (χ4n) is 4.39. The van der Waals surface area contributed by atoms with Crippen LogP contribution in [0.2, 0.25) is 0 Å². The molecule has 1 saturated heterocycles. The monoisotopic (exact) mass is 446 g/mol. The quantitative estimate of drug-likeness (QED) is 0.566. The number of carbonyl (C=O) groups excluding carboxylic acids is 1. The lowest BCUT2D eigenvalue weighted by atomic mass is 9.87. The molecular formula is C26H30N4O3. The van der Waals surface area contributed by atoms with Crippen LogP contribution in [-0.4, -0.2) is 48.1 Å². The van der Waals surface area contributed by atoms with Gasteiger partial charge in [0.1, 0.15) is 5.69 Å². The Morgan fingerprint density at radius 2 is 1.73 bits per heavy atom. The Labute approximate surface area is 194 Å². The molecule has 3 aromatic rings. The van der Waals surface area contributed by atoms with E-state index in [0.29, 0.717) is 11.6 Å². The van der Waals surface area contributed by atoms with Crippen molar-refractivity contribution in [2.75, 3.05) is 27.3 Å². The molecule has 1 amide bonds. The second-order valence-corrected chi connectivity index (χ2v) is 8.22. The lowest BCUT2D eigenvalue weighted by molar-refractivity contribution is 0.0883. The van der Waals surface area contributed by atoms with Crippen molar-refractivity contribution >= 4 is 5.91 Å². The van der Waals surface area contributed by atoms with E-state index in [9.17, 15) is 4.79 Å². The molecule has 1 aliphatic heterocycles. The molecule has 0 saturated carbocycles. The van der Waals surface area contributed by atoms with Crippen LogP contribution in [-0.2, 0) is 6.54 Å². The van der Waals surface area contributed by atoms with E-state index in [-0.39, 0.29) is 11.9 Å². The van der Waals surface area contributed by atoms with Crippen LogP contribution < -0.4 is 14.8 Å². The third-order valence-corrected chi connectivity index (χ3v) is 6.15. The number of rotatable bonds is 8. The third kappa shape index (κ3) is 5.68. The topological polar surface area (TPSA) is 76.6 Å². The number of methoxy groups -OCH3 is 2. The number of piperidine rings is 1. The SMILES string of the molecule is COc1ccc(CN2CCC([C@@H](NC(=O)c3ccccn3)c3ccccn3)CC2)cc1OC. The zero-order valence-corrected chi connectivity index (χ0v) is 19.1. The van der Waals surface area contributed by atoms with Gasteiger partial charge >= 0.3 is 0 Å². The van der Waals surface area contributed by atoms with E-state index in [1.54, 1.807) is 38.7 Å². The fourth-order valence-corrected chi connectivity index (χ4v) is 4.39. The predicted octanol–water partition coefficient (Wildman–Crippen LogP) is 3.88. The van der Waals surface area contributed by atoms with E-state index < -0.39 is 0 Å². The summed E-state index contributed by atoms with van der Waals surface area (Å²) in [6.45, 7) is 2.74. The highest BCUT2D eigenvalue weighted by Crippen LogP contribution is 2.32. The molecule has 1 fully saturated rings. The van der Waals surface area contributed by atoms with Crippen molar-refractivity contribution in [2.24, 2.45) is 5.92 Å². The molecule has 2 aromatic heterocycles. The van der Waals surface area contributed by atoms with Gasteiger partial charge in [-0.25, -0.2) is 0 Å². The highest BCUT2D eigenvalue weighted by Gasteiger charge is 2.30. The molecule has 172 valence electrons. The minimum Gasteiger partial charge on any atom is -0.493 e. The molecular weight excluding hydrogens is 416 g/mol. The van der Waals surface area contributed by atoms with Crippen molar-refractivity contribution in [3.05, 3.63) is 83.9 Å². The Morgan fingerprint density at radius 3 is 2.36 bits per heavy atom. The first-order chi connectivity index (χ1) is 16.2. The predicted molar refractivity (Wildman–Crippen MR) is 126 cm³/mol. The Hall–Kier alpha value is -3.45. The van der Waals surface area contributed by atoms with Gasteiger partial charge in [-0.1, -0.05) is 18.2 Å². The number of benzene rings is 1. The summed E-state index contributed by atoms with van der Waals surface area (Å²) in [5.74, 6) is 1.62. The molecule has 1 atom stereocenters. The summed E-state index contributed by atoms with van der Waals surface area (Å²) in [6, 6.07) is 17.1. The van der Waals surface area contributed by atoms with Gasteiger partial charge in [0, 0.05) is 18.9 Å². The number of nitrogens with zero attached hydrogens (tertiary/aromatic N) is 3. The van der Waals surface area contributed by atoms with Gasteiger partial charge in [0.25, 0.3) is 5.91 Å². The lowest BCUT2D eigenvalue weighted by Crippen LogP contribution is -2.41. The van der Waals surface area contributed by atoms with Gasteiger partial charge in [-0.2, -0.15) is 0 Å². The van der Waals surface area contributed by atoms with Crippen LogP contribution in [0.5, 0.6) is 11.5 Å². The van der Waals surface area contributed by atoms with Crippen LogP contribution in [0.4, 0.5) is 0 Å². The molecule has 4 rings (SSSR count). The number of carbonyl (C=O) groups is 1. The van der Waals surface area contributed by atoms with E-state index in [2.05, 4.69) is 26.3 Å². The van der Waals surface area contributed by atoms with E-state index in [0.717, 1.165) is 49.7 Å². The van der Waals surface area contributed by atoms with E-state index in [1.807, 2.05) is 36.4 Å². The number of nitrogens with one attached hydrogen (secondary N) is 1. The van der Waals surface area contributed by atoms with Gasteiger partial charge in [-0.05, 0) is 73.8 Å². The largest absolute Gasteiger partial charge is 0.493 e. The molecule has 0 unspecified atom stereocenters. The summed E-state index contributed by atoms with van der Waals surface area (Å²) >= 11 is 0. The highest BCUT2D eigenvalue weighted by molar-refractivity contribution is 5.92. The molecule has 0 radical (unpaired) electrons. The summed E-state index contributed by atoms with van der Waals surface area (Å²) in [7, 11) is 3.30. The van der Waals surface area contributed by atoms with Crippen LogP contribution in [0.3, 0.4) is 0 Å². The maximum absolute atomic E-state index is 12.9. The average Bonchev–Trinajstić information content (AvgIpc) is 2.88. The number of amides is 1. The van der Waals surface area contributed by atoms with E-state index >= 15 is 0 Å². The van der Waals surface area contributed by atoms with Gasteiger partial charge in [0.2, 0.25) is 0 Å². The van der Waals surface area contributed by atoms with E-state index in [4.69, 9.17) is 9.47 Å². The van der Waals surface area contributed by atoms with Gasteiger partial charge < -0.3 is 14.8 Å². The number of hydrogen-bond donors (Lipinski definition) is 1. The van der Waals surface area contributed by atoms with Crippen LogP contribution in [0.1, 0.15) is 40.6 Å². The Morgan fingerprint density at radius 1 is 1.00 bits per heavy atom. The van der Waals surface area contributed by atoms with Crippen molar-refractivity contribution in [1.82, 2.24) is 20.2 Å². The molecule has 33 heavy (non-hydrogen) atoms. The Balaban J connectivity index is 1.42.